The maximum Gasteiger partial charge on any atom is 0.251 e. The zero-order valence-corrected chi connectivity index (χ0v) is 5.49. The SMILES string of the molecule is [3H]c1c[nH]c(=O)c(C)c1C. The summed E-state index contributed by atoms with van der Waals surface area (Å²) in [7, 11) is 0. The van der Waals surface area contributed by atoms with E-state index in [2.05, 4.69) is 4.98 Å². The van der Waals surface area contributed by atoms with Gasteiger partial charge in [0.05, 0.1) is 1.37 Å². The number of hydrogen-bond donors (Lipinski definition) is 1. The number of H-pyrrole nitrogens is 1. The molecular weight excluding hydrogens is 114 g/mol. The van der Waals surface area contributed by atoms with Crippen LogP contribution in [0.5, 0.6) is 0 Å². The highest BCUT2D eigenvalue weighted by Gasteiger charge is 1.92. The van der Waals surface area contributed by atoms with Gasteiger partial charge in [-0.05, 0) is 25.5 Å². The third-order valence-corrected chi connectivity index (χ3v) is 1.40. The monoisotopic (exact) mass is 125 g/mol. The predicted molar refractivity (Wildman–Crippen MR) is 36.5 cm³/mol. The Morgan fingerprint density at radius 2 is 2.33 bits per heavy atom. The van der Waals surface area contributed by atoms with Crippen molar-refractivity contribution in [3.63, 3.8) is 0 Å². The van der Waals surface area contributed by atoms with Crippen LogP contribution in [0.4, 0.5) is 0 Å². The lowest BCUT2D eigenvalue weighted by molar-refractivity contribution is 1.14. The van der Waals surface area contributed by atoms with Gasteiger partial charge in [0.2, 0.25) is 0 Å². The van der Waals surface area contributed by atoms with Crippen LogP contribution in [0.2, 0.25) is 0 Å². The van der Waals surface area contributed by atoms with Gasteiger partial charge in [-0.2, -0.15) is 0 Å². The molecule has 0 aliphatic rings. The van der Waals surface area contributed by atoms with E-state index in [1.165, 1.54) is 6.20 Å². The lowest BCUT2D eigenvalue weighted by Gasteiger charge is -1.93. The first kappa shape index (κ1) is 4.79. The van der Waals surface area contributed by atoms with E-state index in [4.69, 9.17) is 1.37 Å². The molecule has 1 rings (SSSR count). The number of rotatable bonds is 0. The Morgan fingerprint density at radius 1 is 1.67 bits per heavy atom. The molecule has 48 valence electrons. The van der Waals surface area contributed by atoms with Gasteiger partial charge in [0.25, 0.3) is 5.56 Å². The highest BCUT2D eigenvalue weighted by atomic mass is 16.1. The smallest absolute Gasteiger partial charge is 0.251 e. The van der Waals surface area contributed by atoms with E-state index in [0.29, 0.717) is 11.6 Å². The third-order valence-electron chi connectivity index (χ3n) is 1.40. The minimum absolute atomic E-state index is 0.103. The van der Waals surface area contributed by atoms with Gasteiger partial charge in [0.15, 0.2) is 0 Å². The van der Waals surface area contributed by atoms with Crippen LogP contribution >= 0.6 is 0 Å². The first-order chi connectivity index (χ1) is 4.63. The van der Waals surface area contributed by atoms with Crippen molar-refractivity contribution in [3.05, 3.63) is 33.7 Å². The molecule has 2 nitrogen and oxygen atoms in total. The quantitative estimate of drug-likeness (QED) is 0.551. The normalized spacial score (nSPS) is 11.1. The topological polar surface area (TPSA) is 32.9 Å². The minimum atomic E-state index is -0.103. The summed E-state index contributed by atoms with van der Waals surface area (Å²) >= 11 is 0. The van der Waals surface area contributed by atoms with Crippen LogP contribution in [-0.2, 0) is 0 Å². The second-order valence-corrected chi connectivity index (χ2v) is 2.01. The van der Waals surface area contributed by atoms with Gasteiger partial charge in [-0.1, -0.05) is 0 Å². The van der Waals surface area contributed by atoms with Crippen molar-refractivity contribution >= 4 is 0 Å². The Hall–Kier alpha value is -1.05. The molecule has 1 aromatic rings. The van der Waals surface area contributed by atoms with Crippen molar-refractivity contribution in [1.29, 1.82) is 0 Å². The van der Waals surface area contributed by atoms with Crippen LogP contribution in [-0.4, -0.2) is 4.98 Å². The molecule has 0 saturated heterocycles. The molecule has 0 saturated carbocycles. The van der Waals surface area contributed by atoms with Gasteiger partial charge >= 0.3 is 0 Å². The van der Waals surface area contributed by atoms with E-state index in [-0.39, 0.29) is 5.56 Å². The number of aromatic amines is 1. The maximum absolute atomic E-state index is 10.9. The van der Waals surface area contributed by atoms with Gasteiger partial charge in [-0.25, -0.2) is 0 Å². The standard InChI is InChI=1S/C7H9NO/c1-5-3-4-8-7(9)6(5)2/h3-4H,1-2H3,(H,8,9)/i3T. The second-order valence-electron chi connectivity index (χ2n) is 2.01. The molecule has 9 heavy (non-hydrogen) atoms. The fourth-order valence-corrected chi connectivity index (χ4v) is 0.597. The molecule has 0 spiro atoms. The number of aromatic nitrogens is 1. The average molecular weight is 125 g/mol. The highest BCUT2D eigenvalue weighted by molar-refractivity contribution is 5.19. The van der Waals surface area contributed by atoms with Crippen molar-refractivity contribution in [2.24, 2.45) is 0 Å². The van der Waals surface area contributed by atoms with Crippen molar-refractivity contribution in [1.82, 2.24) is 4.98 Å². The zero-order chi connectivity index (χ0) is 7.72. The summed E-state index contributed by atoms with van der Waals surface area (Å²) in [5.74, 6) is 0. The number of nitrogens with one attached hydrogen (secondary N) is 1. The van der Waals surface area contributed by atoms with E-state index < -0.39 is 0 Å². The van der Waals surface area contributed by atoms with Gasteiger partial charge < -0.3 is 4.98 Å². The maximum atomic E-state index is 10.9. The fourth-order valence-electron chi connectivity index (χ4n) is 0.597. The second kappa shape index (κ2) is 2.05. The van der Waals surface area contributed by atoms with Crippen LogP contribution in [0.3, 0.4) is 0 Å². The van der Waals surface area contributed by atoms with Gasteiger partial charge in [-0.15, -0.1) is 0 Å². The molecule has 1 heterocycles. The Kier molecular flexibility index (Phi) is 1.09. The van der Waals surface area contributed by atoms with Crippen molar-refractivity contribution in [2.45, 2.75) is 13.8 Å². The molecule has 0 radical (unpaired) electrons. The summed E-state index contributed by atoms with van der Waals surface area (Å²) in [6, 6.07) is 0.386. The molecule has 2 heteroatoms. The number of hydrogen-bond acceptors (Lipinski definition) is 1. The first-order valence-corrected chi connectivity index (χ1v) is 2.78. The molecule has 0 fully saturated rings. The Labute approximate surface area is 54.9 Å². The summed E-state index contributed by atoms with van der Waals surface area (Å²) in [5.41, 5.74) is 1.28. The molecule has 1 aromatic heterocycles. The van der Waals surface area contributed by atoms with Crippen LogP contribution in [0.1, 0.15) is 12.5 Å². The van der Waals surface area contributed by atoms with Crippen molar-refractivity contribution in [3.8, 4) is 0 Å². The lowest BCUT2D eigenvalue weighted by atomic mass is 10.2. The van der Waals surface area contributed by atoms with Crippen LogP contribution < -0.4 is 5.56 Å². The molecule has 0 bridgehead atoms. The van der Waals surface area contributed by atoms with Gasteiger partial charge in [0, 0.05) is 11.8 Å². The predicted octanol–water partition coefficient (Wildman–Crippen LogP) is 0.992. The average Bonchev–Trinajstić information content (AvgIpc) is 1.93. The Bertz CT molecular complexity index is 303. The molecule has 0 atom stereocenters. The fraction of sp³-hybridized carbons (Fsp3) is 0.286. The van der Waals surface area contributed by atoms with Gasteiger partial charge in [-0.3, -0.25) is 4.79 Å². The van der Waals surface area contributed by atoms with E-state index in [1.54, 1.807) is 13.8 Å². The molecule has 0 aliphatic heterocycles. The van der Waals surface area contributed by atoms with E-state index in [0.717, 1.165) is 5.56 Å². The van der Waals surface area contributed by atoms with Crippen LogP contribution in [0.25, 0.3) is 0 Å². The number of pyridine rings is 1. The van der Waals surface area contributed by atoms with Crippen LogP contribution in [0.15, 0.2) is 17.0 Å². The Morgan fingerprint density at radius 3 is 2.89 bits per heavy atom. The summed E-state index contributed by atoms with van der Waals surface area (Å²) < 4.78 is 7.29. The summed E-state index contributed by atoms with van der Waals surface area (Å²) in [4.78, 5) is 13.3. The Balaban J connectivity index is 3.49. The highest BCUT2D eigenvalue weighted by Crippen LogP contribution is 1.95. The summed E-state index contributed by atoms with van der Waals surface area (Å²) in [6.07, 6.45) is 1.41. The minimum Gasteiger partial charge on any atom is -0.329 e. The molecule has 0 amide bonds. The molecular formula is C7H9NO. The molecule has 1 N–H and O–H groups in total. The zero-order valence-electron chi connectivity index (χ0n) is 6.49. The van der Waals surface area contributed by atoms with E-state index >= 15 is 0 Å². The third kappa shape index (κ3) is 1.02. The largest absolute Gasteiger partial charge is 0.329 e. The van der Waals surface area contributed by atoms with Gasteiger partial charge in [0.1, 0.15) is 0 Å². The van der Waals surface area contributed by atoms with Crippen LogP contribution in [0, 0.1) is 13.8 Å². The summed E-state index contributed by atoms with van der Waals surface area (Å²) in [5, 5.41) is 0. The van der Waals surface area contributed by atoms with Crippen molar-refractivity contribution in [2.75, 3.05) is 0 Å². The molecule has 0 unspecified atom stereocenters. The van der Waals surface area contributed by atoms with Crippen molar-refractivity contribution < 1.29 is 1.37 Å². The summed E-state index contributed by atoms with van der Waals surface area (Å²) in [6.45, 7) is 3.49. The molecule has 0 aromatic carbocycles. The molecule has 0 aliphatic carbocycles. The first-order valence-electron chi connectivity index (χ1n) is 3.28. The van der Waals surface area contributed by atoms with E-state index in [9.17, 15) is 4.79 Å². The lowest BCUT2D eigenvalue weighted by Crippen LogP contribution is -2.08. The van der Waals surface area contributed by atoms with E-state index in [1.807, 2.05) is 0 Å².